The first kappa shape index (κ1) is 17.2. The van der Waals surface area contributed by atoms with Gasteiger partial charge >= 0.3 is 6.09 Å². The molecule has 2 saturated heterocycles. The van der Waals surface area contributed by atoms with E-state index in [1.54, 1.807) is 12.1 Å². The lowest BCUT2D eigenvalue weighted by atomic mass is 10.1. The molecule has 0 saturated carbocycles. The molecule has 3 rings (SSSR count). The summed E-state index contributed by atoms with van der Waals surface area (Å²) in [6.07, 6.45) is -0.187. The number of amides is 2. The molecule has 0 aromatic heterocycles. The summed E-state index contributed by atoms with van der Waals surface area (Å²) >= 11 is 0. The highest BCUT2D eigenvalue weighted by Gasteiger charge is 2.33. The van der Waals surface area contributed by atoms with Crippen LogP contribution in [0.4, 0.5) is 20.6 Å². The van der Waals surface area contributed by atoms with Gasteiger partial charge in [-0.15, -0.1) is 0 Å². The number of rotatable bonds is 4. The van der Waals surface area contributed by atoms with E-state index in [1.807, 2.05) is 4.90 Å². The van der Waals surface area contributed by atoms with Gasteiger partial charge in [-0.2, -0.15) is 0 Å². The number of carbonyl (C=O) groups is 3. The minimum Gasteiger partial charge on any atom is -0.442 e. The molecule has 2 aliphatic heterocycles. The third kappa shape index (κ3) is 3.89. The maximum atomic E-state index is 14.5. The lowest BCUT2D eigenvalue weighted by Gasteiger charge is -2.28. The van der Waals surface area contributed by atoms with Crippen molar-refractivity contribution in [3.8, 4) is 0 Å². The van der Waals surface area contributed by atoms with Crippen molar-refractivity contribution in [2.24, 2.45) is 0 Å². The monoisotopic (exact) mass is 349 g/mol. The van der Waals surface area contributed by atoms with E-state index in [9.17, 15) is 18.8 Å². The molecule has 1 unspecified atom stereocenters. The van der Waals surface area contributed by atoms with E-state index in [-0.39, 0.29) is 24.8 Å². The summed E-state index contributed by atoms with van der Waals surface area (Å²) in [6.45, 7) is 2.85. The Hall–Kier alpha value is -2.64. The molecule has 1 N–H and O–H groups in total. The molecule has 1 aromatic rings. The summed E-state index contributed by atoms with van der Waals surface area (Å²) in [5.41, 5.74) is 0.836. The molecule has 0 aliphatic carbocycles. The van der Waals surface area contributed by atoms with Crippen LogP contribution in [0.15, 0.2) is 18.2 Å². The summed E-state index contributed by atoms with van der Waals surface area (Å²) in [6, 6.07) is 4.58. The van der Waals surface area contributed by atoms with E-state index in [0.29, 0.717) is 37.3 Å². The molecule has 1 atom stereocenters. The number of anilines is 2. The number of nitrogens with zero attached hydrogens (tertiary/aromatic N) is 2. The van der Waals surface area contributed by atoms with Gasteiger partial charge in [0.25, 0.3) is 0 Å². The highest BCUT2D eigenvalue weighted by atomic mass is 19.1. The lowest BCUT2D eigenvalue weighted by molar-refractivity contribution is -0.120. The second-order valence-corrected chi connectivity index (χ2v) is 6.21. The summed E-state index contributed by atoms with van der Waals surface area (Å²) in [4.78, 5) is 37.4. The zero-order chi connectivity index (χ0) is 18.0. The van der Waals surface area contributed by atoms with Crippen LogP contribution in [0.5, 0.6) is 0 Å². The molecule has 2 fully saturated rings. The zero-order valence-electron chi connectivity index (χ0n) is 14.0. The topological polar surface area (TPSA) is 79.0 Å². The SMILES string of the molecule is CC(=O)NCC1CN(c2ccc(N3CCC(=O)CC3)c(F)c2)C(=O)O1. The van der Waals surface area contributed by atoms with Crippen LogP contribution in [0.2, 0.25) is 0 Å². The Morgan fingerprint density at radius 2 is 2.04 bits per heavy atom. The minimum absolute atomic E-state index is 0.193. The van der Waals surface area contributed by atoms with Crippen molar-refractivity contribution >= 4 is 29.2 Å². The average Bonchev–Trinajstić information content (AvgIpc) is 2.95. The summed E-state index contributed by atoms with van der Waals surface area (Å²) in [7, 11) is 0. The van der Waals surface area contributed by atoms with E-state index in [0.717, 1.165) is 0 Å². The van der Waals surface area contributed by atoms with Crippen LogP contribution in [-0.4, -0.2) is 50.1 Å². The van der Waals surface area contributed by atoms with Gasteiger partial charge in [0.15, 0.2) is 0 Å². The van der Waals surface area contributed by atoms with Crippen LogP contribution >= 0.6 is 0 Å². The smallest absolute Gasteiger partial charge is 0.414 e. The van der Waals surface area contributed by atoms with Crippen molar-refractivity contribution in [3.63, 3.8) is 0 Å². The van der Waals surface area contributed by atoms with E-state index >= 15 is 0 Å². The summed E-state index contributed by atoms with van der Waals surface area (Å²) in [5, 5.41) is 2.60. The van der Waals surface area contributed by atoms with Gasteiger partial charge in [-0.1, -0.05) is 0 Å². The number of hydrogen-bond acceptors (Lipinski definition) is 5. The second-order valence-electron chi connectivity index (χ2n) is 6.21. The lowest BCUT2D eigenvalue weighted by Crippen LogP contribution is -2.34. The van der Waals surface area contributed by atoms with Crippen LogP contribution in [0.3, 0.4) is 0 Å². The third-order valence-corrected chi connectivity index (χ3v) is 4.36. The van der Waals surface area contributed by atoms with Gasteiger partial charge < -0.3 is 15.0 Å². The maximum Gasteiger partial charge on any atom is 0.414 e. The average molecular weight is 349 g/mol. The number of hydrogen-bond donors (Lipinski definition) is 1. The van der Waals surface area contributed by atoms with Gasteiger partial charge in [0.2, 0.25) is 5.91 Å². The van der Waals surface area contributed by atoms with Gasteiger partial charge in [0, 0.05) is 32.9 Å². The first-order valence-corrected chi connectivity index (χ1v) is 8.23. The number of benzene rings is 1. The number of ether oxygens (including phenoxy) is 1. The van der Waals surface area contributed by atoms with E-state index in [2.05, 4.69) is 5.32 Å². The molecular formula is C17H20FN3O4. The van der Waals surface area contributed by atoms with E-state index in [4.69, 9.17) is 4.74 Å². The largest absolute Gasteiger partial charge is 0.442 e. The molecule has 2 aliphatic rings. The van der Waals surface area contributed by atoms with Gasteiger partial charge in [-0.05, 0) is 18.2 Å². The fraction of sp³-hybridized carbons (Fsp3) is 0.471. The zero-order valence-corrected chi connectivity index (χ0v) is 14.0. The van der Waals surface area contributed by atoms with Crippen molar-refractivity contribution in [1.29, 1.82) is 0 Å². The number of carbonyl (C=O) groups excluding carboxylic acids is 3. The van der Waals surface area contributed by atoms with Crippen molar-refractivity contribution < 1.29 is 23.5 Å². The summed E-state index contributed by atoms with van der Waals surface area (Å²) in [5.74, 6) is -0.451. The van der Waals surface area contributed by atoms with Crippen molar-refractivity contribution in [1.82, 2.24) is 5.32 Å². The normalized spacial score (nSPS) is 20.6. The van der Waals surface area contributed by atoms with Gasteiger partial charge in [0.05, 0.1) is 24.5 Å². The Kier molecular flexibility index (Phi) is 4.87. The highest BCUT2D eigenvalue weighted by Crippen LogP contribution is 2.29. The highest BCUT2D eigenvalue weighted by molar-refractivity contribution is 5.90. The first-order chi connectivity index (χ1) is 11.9. The molecule has 0 spiro atoms. The molecule has 1 aromatic carbocycles. The second kappa shape index (κ2) is 7.08. The Morgan fingerprint density at radius 3 is 2.68 bits per heavy atom. The minimum atomic E-state index is -0.564. The molecule has 0 radical (unpaired) electrons. The standard InChI is InChI=1S/C17H20FN3O4/c1-11(22)19-9-14-10-21(17(24)25-14)12-2-3-16(15(18)8-12)20-6-4-13(23)5-7-20/h2-3,8,14H,4-7,9-10H2,1H3,(H,19,22). The van der Waals surface area contributed by atoms with Crippen LogP contribution in [-0.2, 0) is 14.3 Å². The number of piperidine rings is 1. The first-order valence-electron chi connectivity index (χ1n) is 8.23. The third-order valence-electron chi connectivity index (χ3n) is 4.36. The fourth-order valence-electron chi connectivity index (χ4n) is 3.01. The van der Waals surface area contributed by atoms with E-state index < -0.39 is 18.0 Å². The molecule has 2 heterocycles. The van der Waals surface area contributed by atoms with E-state index in [1.165, 1.54) is 17.9 Å². The predicted octanol–water partition coefficient (Wildman–Crippen LogP) is 1.46. The summed E-state index contributed by atoms with van der Waals surface area (Å²) < 4.78 is 19.7. The molecule has 25 heavy (non-hydrogen) atoms. The Morgan fingerprint density at radius 1 is 1.32 bits per heavy atom. The van der Waals surface area contributed by atoms with Gasteiger partial charge in [-0.3, -0.25) is 14.5 Å². The van der Waals surface area contributed by atoms with Crippen LogP contribution in [0, 0.1) is 5.82 Å². The number of halogens is 1. The Balaban J connectivity index is 1.69. The molecule has 134 valence electrons. The quantitative estimate of drug-likeness (QED) is 0.890. The molecule has 0 bridgehead atoms. The number of cyclic esters (lactones) is 1. The van der Waals surface area contributed by atoms with Crippen LogP contribution in [0.1, 0.15) is 19.8 Å². The fourth-order valence-corrected chi connectivity index (χ4v) is 3.01. The maximum absolute atomic E-state index is 14.5. The van der Waals surface area contributed by atoms with Crippen molar-refractivity contribution in [2.45, 2.75) is 25.9 Å². The number of nitrogens with one attached hydrogen (secondary N) is 1. The van der Waals surface area contributed by atoms with Crippen molar-refractivity contribution in [2.75, 3.05) is 36.0 Å². The molecule has 8 heteroatoms. The molecule has 2 amide bonds. The van der Waals surface area contributed by atoms with Gasteiger partial charge in [0.1, 0.15) is 17.7 Å². The number of ketones is 1. The molecule has 7 nitrogen and oxygen atoms in total. The van der Waals surface area contributed by atoms with Crippen molar-refractivity contribution in [3.05, 3.63) is 24.0 Å². The number of Topliss-reactive ketones (excluding diaryl/α,β-unsaturated/α-hetero) is 1. The van der Waals surface area contributed by atoms with Crippen LogP contribution < -0.4 is 15.1 Å². The molecular weight excluding hydrogens is 329 g/mol. The van der Waals surface area contributed by atoms with Crippen LogP contribution in [0.25, 0.3) is 0 Å². The predicted molar refractivity (Wildman–Crippen MR) is 89.2 cm³/mol. The Bertz CT molecular complexity index is 699. The van der Waals surface area contributed by atoms with Gasteiger partial charge in [-0.25, -0.2) is 9.18 Å². The Labute approximate surface area is 144 Å².